The summed E-state index contributed by atoms with van der Waals surface area (Å²) < 4.78 is 6.14. The average Bonchev–Trinajstić information content (AvgIpc) is 3.09. The third-order valence-corrected chi connectivity index (χ3v) is 5.44. The van der Waals surface area contributed by atoms with Crippen molar-refractivity contribution in [1.29, 1.82) is 0 Å². The van der Waals surface area contributed by atoms with Gasteiger partial charge in [0.05, 0.1) is 0 Å². The zero-order valence-corrected chi connectivity index (χ0v) is 14.6. The number of rotatable bonds is 1. The maximum atomic E-state index is 6.14. The third kappa shape index (κ3) is 2.12. The lowest BCUT2D eigenvalue weighted by molar-refractivity contribution is 0.669. The largest absolute Gasteiger partial charge is 0.456 e. The monoisotopic (exact) mass is 344 g/mol. The number of hydrogen-bond acceptors (Lipinski definition) is 1. The second-order valence-corrected chi connectivity index (χ2v) is 7.00. The Kier molecular flexibility index (Phi) is 2.95. The van der Waals surface area contributed by atoms with Crippen LogP contribution in [0.1, 0.15) is 0 Å². The van der Waals surface area contributed by atoms with E-state index in [1.165, 1.54) is 43.4 Å². The smallest absolute Gasteiger partial charge is 0.136 e. The molecule has 5 aromatic carbocycles. The lowest BCUT2D eigenvalue weighted by atomic mass is 9.92. The van der Waals surface area contributed by atoms with Crippen LogP contribution in [0.2, 0.25) is 0 Å². The second-order valence-electron chi connectivity index (χ2n) is 7.00. The number of para-hydroxylation sites is 1. The van der Waals surface area contributed by atoms with E-state index in [4.69, 9.17) is 4.42 Å². The first-order valence-corrected chi connectivity index (χ1v) is 9.21. The van der Waals surface area contributed by atoms with Gasteiger partial charge in [-0.25, -0.2) is 0 Å². The fourth-order valence-electron chi connectivity index (χ4n) is 4.21. The molecule has 0 bridgehead atoms. The first-order chi connectivity index (χ1) is 13.4. The first kappa shape index (κ1) is 14.6. The van der Waals surface area contributed by atoms with Crippen LogP contribution >= 0.6 is 0 Å². The predicted molar refractivity (Wildman–Crippen MR) is 114 cm³/mol. The molecule has 126 valence electrons. The van der Waals surface area contributed by atoms with Gasteiger partial charge in [-0.05, 0) is 56.9 Å². The molecule has 27 heavy (non-hydrogen) atoms. The molecule has 6 rings (SSSR count). The van der Waals surface area contributed by atoms with E-state index >= 15 is 0 Å². The van der Waals surface area contributed by atoms with E-state index < -0.39 is 0 Å². The van der Waals surface area contributed by atoms with Crippen LogP contribution in [-0.2, 0) is 0 Å². The standard InChI is InChI=1S/C26H16O/c1-3-9-20-17(7-1)15-18-8-2-4-10-21(18)26(20)19-13-14-23-22-11-5-6-12-24(22)27-25(23)16-19/h1-16H. The molecule has 0 aliphatic rings. The van der Waals surface area contributed by atoms with Crippen molar-refractivity contribution in [3.8, 4) is 11.1 Å². The topological polar surface area (TPSA) is 13.1 Å². The second kappa shape index (κ2) is 5.46. The zero-order chi connectivity index (χ0) is 17.8. The van der Waals surface area contributed by atoms with E-state index in [-0.39, 0.29) is 0 Å². The molecule has 0 atom stereocenters. The van der Waals surface area contributed by atoms with E-state index in [2.05, 4.69) is 84.9 Å². The van der Waals surface area contributed by atoms with Crippen LogP contribution in [0.4, 0.5) is 0 Å². The molecule has 6 aromatic rings. The van der Waals surface area contributed by atoms with Gasteiger partial charge in [0.25, 0.3) is 0 Å². The highest BCUT2D eigenvalue weighted by Gasteiger charge is 2.12. The van der Waals surface area contributed by atoms with Crippen molar-refractivity contribution in [2.24, 2.45) is 0 Å². The van der Waals surface area contributed by atoms with Gasteiger partial charge in [-0.1, -0.05) is 72.8 Å². The molecule has 0 spiro atoms. The first-order valence-electron chi connectivity index (χ1n) is 9.21. The molecular formula is C26H16O. The van der Waals surface area contributed by atoms with Gasteiger partial charge in [0.15, 0.2) is 0 Å². The average molecular weight is 344 g/mol. The maximum absolute atomic E-state index is 6.14. The Labute approximate surface area is 156 Å². The minimum absolute atomic E-state index is 0.936. The fourth-order valence-corrected chi connectivity index (χ4v) is 4.21. The van der Waals surface area contributed by atoms with Gasteiger partial charge in [0.2, 0.25) is 0 Å². The molecular weight excluding hydrogens is 328 g/mol. The highest BCUT2D eigenvalue weighted by atomic mass is 16.3. The Bertz CT molecular complexity index is 1420. The molecule has 1 nitrogen and oxygen atoms in total. The lowest BCUT2D eigenvalue weighted by Gasteiger charge is -2.12. The Morgan fingerprint density at radius 1 is 0.444 bits per heavy atom. The Morgan fingerprint density at radius 2 is 1.04 bits per heavy atom. The van der Waals surface area contributed by atoms with Crippen LogP contribution < -0.4 is 0 Å². The predicted octanol–water partition coefficient (Wildman–Crippen LogP) is 7.56. The van der Waals surface area contributed by atoms with Crippen molar-refractivity contribution >= 4 is 43.5 Å². The van der Waals surface area contributed by atoms with Gasteiger partial charge in [-0.15, -0.1) is 0 Å². The summed E-state index contributed by atoms with van der Waals surface area (Å²) in [6.45, 7) is 0. The van der Waals surface area contributed by atoms with Crippen molar-refractivity contribution < 1.29 is 4.42 Å². The summed E-state index contributed by atoms with van der Waals surface area (Å²) in [5, 5.41) is 7.39. The lowest BCUT2D eigenvalue weighted by Crippen LogP contribution is -1.85. The minimum Gasteiger partial charge on any atom is -0.456 e. The van der Waals surface area contributed by atoms with Crippen molar-refractivity contribution in [2.45, 2.75) is 0 Å². The normalized spacial score (nSPS) is 11.7. The summed E-state index contributed by atoms with van der Waals surface area (Å²) in [6.07, 6.45) is 0. The molecule has 1 heteroatoms. The summed E-state index contributed by atoms with van der Waals surface area (Å²) in [4.78, 5) is 0. The minimum atomic E-state index is 0.936. The van der Waals surface area contributed by atoms with Gasteiger partial charge in [-0.2, -0.15) is 0 Å². The molecule has 0 aliphatic carbocycles. The molecule has 0 unspecified atom stereocenters. The van der Waals surface area contributed by atoms with Gasteiger partial charge in [0, 0.05) is 10.8 Å². The molecule has 1 aromatic heterocycles. The van der Waals surface area contributed by atoms with E-state index in [1.54, 1.807) is 0 Å². The Balaban J connectivity index is 1.74. The third-order valence-electron chi connectivity index (χ3n) is 5.44. The summed E-state index contributed by atoms with van der Waals surface area (Å²) in [5.41, 5.74) is 4.33. The summed E-state index contributed by atoms with van der Waals surface area (Å²) in [7, 11) is 0. The van der Waals surface area contributed by atoms with Crippen LogP contribution in [0.5, 0.6) is 0 Å². The quantitative estimate of drug-likeness (QED) is 0.280. The van der Waals surface area contributed by atoms with Crippen LogP contribution in [-0.4, -0.2) is 0 Å². The molecule has 1 heterocycles. The van der Waals surface area contributed by atoms with Gasteiger partial charge >= 0.3 is 0 Å². The van der Waals surface area contributed by atoms with Crippen LogP contribution in [0.15, 0.2) is 101 Å². The molecule has 0 saturated heterocycles. The van der Waals surface area contributed by atoms with Gasteiger partial charge < -0.3 is 4.42 Å². The number of fused-ring (bicyclic) bond motifs is 5. The molecule has 0 N–H and O–H groups in total. The fraction of sp³-hybridized carbons (Fsp3) is 0. The van der Waals surface area contributed by atoms with E-state index in [0.717, 1.165) is 11.2 Å². The van der Waals surface area contributed by atoms with Crippen molar-refractivity contribution in [3.63, 3.8) is 0 Å². The molecule has 0 radical (unpaired) electrons. The SMILES string of the molecule is c1ccc2c(-c3ccc4c(c3)oc3ccccc34)c3ccccc3cc2c1. The maximum Gasteiger partial charge on any atom is 0.136 e. The van der Waals surface area contributed by atoms with Gasteiger partial charge in [0.1, 0.15) is 11.2 Å². The van der Waals surface area contributed by atoms with Gasteiger partial charge in [-0.3, -0.25) is 0 Å². The highest BCUT2D eigenvalue weighted by molar-refractivity contribution is 6.14. The van der Waals surface area contributed by atoms with Crippen molar-refractivity contribution in [1.82, 2.24) is 0 Å². The Hall–Kier alpha value is -3.58. The van der Waals surface area contributed by atoms with E-state index in [0.29, 0.717) is 0 Å². The van der Waals surface area contributed by atoms with E-state index in [1.807, 2.05) is 12.1 Å². The summed E-state index contributed by atoms with van der Waals surface area (Å²) in [6, 6.07) is 34.3. The van der Waals surface area contributed by atoms with Crippen LogP contribution in [0.25, 0.3) is 54.6 Å². The number of furan rings is 1. The number of benzene rings is 5. The summed E-state index contributed by atoms with van der Waals surface area (Å²) in [5.74, 6) is 0. The van der Waals surface area contributed by atoms with Crippen molar-refractivity contribution in [2.75, 3.05) is 0 Å². The molecule has 0 aliphatic heterocycles. The zero-order valence-electron chi connectivity index (χ0n) is 14.6. The number of hydrogen-bond donors (Lipinski definition) is 0. The van der Waals surface area contributed by atoms with Crippen LogP contribution in [0, 0.1) is 0 Å². The van der Waals surface area contributed by atoms with E-state index in [9.17, 15) is 0 Å². The molecule has 0 amide bonds. The highest BCUT2D eigenvalue weighted by Crippen LogP contribution is 2.39. The Morgan fingerprint density at radius 3 is 1.78 bits per heavy atom. The van der Waals surface area contributed by atoms with Crippen molar-refractivity contribution in [3.05, 3.63) is 97.1 Å². The summed E-state index contributed by atoms with van der Waals surface area (Å²) >= 11 is 0. The molecule has 0 saturated carbocycles. The molecule has 0 fully saturated rings. The van der Waals surface area contributed by atoms with Crippen LogP contribution in [0.3, 0.4) is 0 Å².